The molecule has 0 saturated heterocycles. The van der Waals surface area contributed by atoms with Gasteiger partial charge in [0.25, 0.3) is 5.91 Å². The lowest BCUT2D eigenvalue weighted by Crippen LogP contribution is -2.48. The van der Waals surface area contributed by atoms with Gasteiger partial charge in [0.15, 0.2) is 0 Å². The van der Waals surface area contributed by atoms with Crippen LogP contribution in [0.25, 0.3) is 0 Å². The van der Waals surface area contributed by atoms with Crippen molar-refractivity contribution in [3.63, 3.8) is 0 Å². The lowest BCUT2D eigenvalue weighted by molar-refractivity contribution is -0.135. The lowest BCUT2D eigenvalue weighted by Gasteiger charge is -2.36. The first-order chi connectivity index (χ1) is 17.6. The van der Waals surface area contributed by atoms with Crippen LogP contribution in [0.4, 0.5) is 20.6 Å². The van der Waals surface area contributed by atoms with Gasteiger partial charge in [-0.2, -0.15) is 0 Å². The highest BCUT2D eigenvalue weighted by Gasteiger charge is 2.30. The van der Waals surface area contributed by atoms with Crippen molar-refractivity contribution in [2.75, 3.05) is 44.5 Å². The maximum Gasteiger partial charge on any atom is 0.323 e. The third-order valence-electron chi connectivity index (χ3n) is 6.41. The summed E-state index contributed by atoms with van der Waals surface area (Å²) in [6, 6.07) is 9.47. The summed E-state index contributed by atoms with van der Waals surface area (Å²) in [7, 11) is 3.27. The number of benzene rings is 2. The van der Waals surface area contributed by atoms with E-state index >= 15 is 0 Å². The molecule has 200 valence electrons. The van der Waals surface area contributed by atoms with E-state index in [2.05, 4.69) is 10.6 Å². The van der Waals surface area contributed by atoms with Gasteiger partial charge in [0, 0.05) is 51.0 Å². The van der Waals surface area contributed by atoms with E-state index in [0.29, 0.717) is 36.6 Å². The fourth-order valence-corrected chi connectivity index (χ4v) is 4.26. The minimum Gasteiger partial charge on any atom is -0.491 e. The first-order valence-corrected chi connectivity index (χ1v) is 12.3. The maximum absolute atomic E-state index is 13.4. The average Bonchev–Trinajstić information content (AvgIpc) is 2.87. The van der Waals surface area contributed by atoms with E-state index in [1.54, 1.807) is 42.2 Å². The molecular formula is C27H35FN4O5. The monoisotopic (exact) mass is 514 g/mol. The number of fused-ring (bicyclic) bond motifs is 1. The molecule has 0 bridgehead atoms. The van der Waals surface area contributed by atoms with E-state index in [-0.39, 0.29) is 42.0 Å². The molecule has 1 aliphatic rings. The smallest absolute Gasteiger partial charge is 0.323 e. The largest absolute Gasteiger partial charge is 0.491 e. The van der Waals surface area contributed by atoms with E-state index < -0.39 is 11.8 Å². The zero-order valence-corrected chi connectivity index (χ0v) is 21.9. The molecule has 0 fully saturated rings. The number of methoxy groups -OCH3 is 1. The van der Waals surface area contributed by atoms with Gasteiger partial charge in [-0.25, -0.2) is 9.18 Å². The van der Waals surface area contributed by atoms with Crippen LogP contribution < -0.4 is 15.4 Å². The molecule has 1 aliphatic heterocycles. The topological polar surface area (TPSA) is 100 Å². The number of hydrogen-bond donors (Lipinski definition) is 2. The van der Waals surface area contributed by atoms with Crippen molar-refractivity contribution in [1.29, 1.82) is 0 Å². The SMILES string of the molecule is CCC(=O)N1C[C@@H](C)[C@H](OC)CN(C)C(=O)c2cc(NC(=O)Nc3cccc(F)c3)ccc2OC[C@@H]1C. The Kier molecular flexibility index (Phi) is 9.46. The van der Waals surface area contributed by atoms with Gasteiger partial charge in [-0.05, 0) is 43.3 Å². The van der Waals surface area contributed by atoms with Crippen molar-refractivity contribution in [3.8, 4) is 5.75 Å². The molecule has 9 nitrogen and oxygen atoms in total. The van der Waals surface area contributed by atoms with Gasteiger partial charge >= 0.3 is 6.03 Å². The molecule has 0 aliphatic carbocycles. The Morgan fingerprint density at radius 1 is 1.11 bits per heavy atom. The van der Waals surface area contributed by atoms with Gasteiger partial charge in [-0.1, -0.05) is 19.9 Å². The van der Waals surface area contributed by atoms with Crippen molar-refractivity contribution in [2.24, 2.45) is 5.92 Å². The molecule has 0 saturated carbocycles. The maximum atomic E-state index is 13.4. The number of ether oxygens (including phenoxy) is 2. The summed E-state index contributed by atoms with van der Waals surface area (Å²) in [5, 5.41) is 5.23. The number of amides is 4. The second-order valence-electron chi connectivity index (χ2n) is 9.30. The molecule has 0 unspecified atom stereocenters. The second-order valence-corrected chi connectivity index (χ2v) is 9.30. The molecule has 1 heterocycles. The number of nitrogens with zero attached hydrogens (tertiary/aromatic N) is 2. The highest BCUT2D eigenvalue weighted by atomic mass is 19.1. The van der Waals surface area contributed by atoms with E-state index in [1.165, 1.54) is 24.3 Å². The van der Waals surface area contributed by atoms with Crippen LogP contribution in [0.2, 0.25) is 0 Å². The third kappa shape index (κ3) is 7.19. The summed E-state index contributed by atoms with van der Waals surface area (Å²) in [5.41, 5.74) is 0.912. The molecule has 0 aromatic heterocycles. The Hall–Kier alpha value is -3.66. The van der Waals surface area contributed by atoms with Crippen molar-refractivity contribution >= 4 is 29.2 Å². The number of carbonyl (C=O) groups excluding carboxylic acids is 3. The summed E-state index contributed by atoms with van der Waals surface area (Å²) in [6.07, 6.45) is 0.0756. The fraction of sp³-hybridized carbons (Fsp3) is 0.444. The minimum atomic E-state index is -0.587. The average molecular weight is 515 g/mol. The fourth-order valence-electron chi connectivity index (χ4n) is 4.26. The van der Waals surface area contributed by atoms with Gasteiger partial charge in [-0.3, -0.25) is 9.59 Å². The highest BCUT2D eigenvalue weighted by molar-refractivity contribution is 6.02. The Morgan fingerprint density at radius 2 is 1.81 bits per heavy atom. The van der Waals surface area contributed by atoms with Crippen LogP contribution in [0.3, 0.4) is 0 Å². The Labute approximate surface area is 216 Å². The first kappa shape index (κ1) is 27.9. The zero-order chi connectivity index (χ0) is 27.1. The number of halogens is 1. The molecule has 10 heteroatoms. The van der Waals surface area contributed by atoms with Gasteiger partial charge in [-0.15, -0.1) is 0 Å². The van der Waals surface area contributed by atoms with Crippen LogP contribution in [0.5, 0.6) is 5.75 Å². The van der Waals surface area contributed by atoms with Crippen LogP contribution in [-0.4, -0.2) is 73.6 Å². The van der Waals surface area contributed by atoms with Crippen LogP contribution in [0.1, 0.15) is 37.6 Å². The van der Waals surface area contributed by atoms with Crippen LogP contribution in [0.15, 0.2) is 42.5 Å². The van der Waals surface area contributed by atoms with Gasteiger partial charge in [0.1, 0.15) is 18.2 Å². The predicted octanol–water partition coefficient (Wildman–Crippen LogP) is 4.21. The Balaban J connectivity index is 1.88. The number of nitrogens with one attached hydrogen (secondary N) is 2. The Bertz CT molecular complexity index is 1130. The predicted molar refractivity (Wildman–Crippen MR) is 139 cm³/mol. The number of carbonyl (C=O) groups is 3. The molecule has 2 aromatic rings. The summed E-state index contributed by atoms with van der Waals surface area (Å²) >= 11 is 0. The second kappa shape index (κ2) is 12.5. The summed E-state index contributed by atoms with van der Waals surface area (Å²) in [4.78, 5) is 42.0. The van der Waals surface area contributed by atoms with Gasteiger partial charge in [0.05, 0.1) is 17.7 Å². The number of rotatable bonds is 4. The van der Waals surface area contributed by atoms with Crippen molar-refractivity contribution in [1.82, 2.24) is 9.80 Å². The molecular weight excluding hydrogens is 479 g/mol. The highest BCUT2D eigenvalue weighted by Crippen LogP contribution is 2.27. The molecule has 4 amide bonds. The molecule has 3 atom stereocenters. The molecule has 2 aromatic carbocycles. The molecule has 0 radical (unpaired) electrons. The standard InChI is InChI=1S/C27H35FN4O5/c1-6-25(33)32-14-17(2)24(36-5)15-31(4)26(34)22-13-21(10-11-23(22)37-16-18(32)3)30-27(35)29-20-9-7-8-19(28)12-20/h7-13,17-18,24H,6,14-16H2,1-5H3,(H2,29,30,35)/t17-,18+,24-/m1/s1. The van der Waals surface area contributed by atoms with Crippen molar-refractivity contribution in [3.05, 3.63) is 53.8 Å². The third-order valence-corrected chi connectivity index (χ3v) is 6.41. The number of hydrogen-bond acceptors (Lipinski definition) is 5. The number of anilines is 2. The van der Waals surface area contributed by atoms with Crippen LogP contribution in [-0.2, 0) is 9.53 Å². The lowest BCUT2D eigenvalue weighted by atomic mass is 10.0. The minimum absolute atomic E-state index is 0.0170. The van der Waals surface area contributed by atoms with Crippen LogP contribution in [0, 0.1) is 11.7 Å². The summed E-state index contributed by atoms with van der Waals surface area (Å²) in [5.74, 6) is -0.445. The molecule has 3 rings (SSSR count). The van der Waals surface area contributed by atoms with Gasteiger partial charge in [0.2, 0.25) is 5.91 Å². The first-order valence-electron chi connectivity index (χ1n) is 12.3. The van der Waals surface area contributed by atoms with E-state index in [9.17, 15) is 18.8 Å². The quantitative estimate of drug-likeness (QED) is 0.637. The zero-order valence-electron chi connectivity index (χ0n) is 21.9. The molecule has 0 spiro atoms. The van der Waals surface area contributed by atoms with Crippen molar-refractivity contribution < 1.29 is 28.2 Å². The van der Waals surface area contributed by atoms with E-state index in [0.717, 1.165) is 0 Å². The summed E-state index contributed by atoms with van der Waals surface area (Å²) in [6.45, 7) is 6.70. The number of likely N-dealkylation sites (N-methyl/N-ethyl adjacent to an activating group) is 1. The summed E-state index contributed by atoms with van der Waals surface area (Å²) < 4.78 is 25.2. The Morgan fingerprint density at radius 3 is 2.46 bits per heavy atom. The van der Waals surface area contributed by atoms with Gasteiger partial charge < -0.3 is 29.9 Å². The molecule has 2 N–H and O–H groups in total. The normalized spacial score (nSPS) is 20.7. The van der Waals surface area contributed by atoms with E-state index in [1.807, 2.05) is 20.8 Å². The number of urea groups is 1. The van der Waals surface area contributed by atoms with Crippen LogP contribution >= 0.6 is 0 Å². The molecule has 37 heavy (non-hydrogen) atoms. The van der Waals surface area contributed by atoms with Crippen molar-refractivity contribution in [2.45, 2.75) is 39.3 Å². The van der Waals surface area contributed by atoms with E-state index in [4.69, 9.17) is 9.47 Å².